The molecule has 94 valence electrons. The highest BCUT2D eigenvalue weighted by Gasteiger charge is 2.05. The van der Waals surface area contributed by atoms with Gasteiger partial charge in [-0.1, -0.05) is 47.1 Å². The molecule has 0 aromatic heterocycles. The summed E-state index contributed by atoms with van der Waals surface area (Å²) in [7, 11) is 0. The highest BCUT2D eigenvalue weighted by atomic mass is 35.5. The third-order valence-electron chi connectivity index (χ3n) is 2.48. The lowest BCUT2D eigenvalue weighted by Gasteiger charge is -2.07. The maximum Gasteiger partial charge on any atom is 0.0761 e. The van der Waals surface area contributed by atoms with E-state index < -0.39 is 6.10 Å². The number of benzene rings is 2. The van der Waals surface area contributed by atoms with Crippen molar-refractivity contribution in [3.05, 3.63) is 58.1 Å². The summed E-state index contributed by atoms with van der Waals surface area (Å²) in [4.78, 5) is 1.98. The van der Waals surface area contributed by atoms with Crippen molar-refractivity contribution in [1.29, 1.82) is 0 Å². The maximum atomic E-state index is 9.44. The topological polar surface area (TPSA) is 20.2 Å². The average molecular weight is 299 g/mol. The van der Waals surface area contributed by atoms with Crippen LogP contribution in [0, 0.1) is 0 Å². The van der Waals surface area contributed by atoms with Crippen LogP contribution in [0.15, 0.2) is 52.3 Å². The summed E-state index contributed by atoms with van der Waals surface area (Å²) in [6, 6.07) is 13.1. The summed E-state index contributed by atoms with van der Waals surface area (Å²) < 4.78 is 0. The van der Waals surface area contributed by atoms with Gasteiger partial charge in [-0.15, -0.1) is 0 Å². The van der Waals surface area contributed by atoms with Gasteiger partial charge in [0.2, 0.25) is 0 Å². The van der Waals surface area contributed by atoms with Crippen molar-refractivity contribution in [3.8, 4) is 0 Å². The molecule has 4 heteroatoms. The van der Waals surface area contributed by atoms with Gasteiger partial charge in [0.1, 0.15) is 0 Å². The lowest BCUT2D eigenvalue weighted by Crippen LogP contribution is -1.89. The molecule has 1 atom stereocenters. The van der Waals surface area contributed by atoms with Crippen LogP contribution >= 0.6 is 35.0 Å². The van der Waals surface area contributed by atoms with E-state index >= 15 is 0 Å². The van der Waals surface area contributed by atoms with Gasteiger partial charge in [0.05, 0.1) is 11.1 Å². The Morgan fingerprint density at radius 1 is 1.06 bits per heavy atom. The Morgan fingerprint density at radius 2 is 1.72 bits per heavy atom. The average Bonchev–Trinajstić information content (AvgIpc) is 2.34. The van der Waals surface area contributed by atoms with Crippen LogP contribution < -0.4 is 0 Å². The summed E-state index contributed by atoms with van der Waals surface area (Å²) >= 11 is 13.6. The summed E-state index contributed by atoms with van der Waals surface area (Å²) in [5.74, 6) is 0. The molecule has 2 rings (SSSR count). The fraction of sp³-hybridized carbons (Fsp3) is 0.143. The Labute approximate surface area is 121 Å². The number of halogens is 2. The molecular formula is C14H12Cl2OS. The normalized spacial score (nSPS) is 12.4. The van der Waals surface area contributed by atoms with Gasteiger partial charge in [-0.2, -0.15) is 0 Å². The van der Waals surface area contributed by atoms with Crippen molar-refractivity contribution < 1.29 is 5.11 Å². The van der Waals surface area contributed by atoms with Crippen LogP contribution in [-0.2, 0) is 0 Å². The predicted molar refractivity (Wildman–Crippen MR) is 77.7 cm³/mol. The van der Waals surface area contributed by atoms with Gasteiger partial charge in [-0.05, 0) is 42.8 Å². The zero-order chi connectivity index (χ0) is 13.1. The Hall–Kier alpha value is -0.670. The monoisotopic (exact) mass is 298 g/mol. The molecule has 0 bridgehead atoms. The highest BCUT2D eigenvalue weighted by molar-refractivity contribution is 7.99. The standard InChI is InChI=1S/C14H12Cl2OS/c1-9(17)10-2-5-12(6-3-10)18-14-8-11(15)4-7-13(14)16/h2-9,17H,1H3/t9-/m0/s1. The Morgan fingerprint density at radius 3 is 2.33 bits per heavy atom. The van der Waals surface area contributed by atoms with E-state index in [-0.39, 0.29) is 0 Å². The zero-order valence-corrected chi connectivity index (χ0v) is 12.1. The predicted octanol–water partition coefficient (Wildman–Crippen LogP) is 5.20. The minimum atomic E-state index is -0.446. The number of aliphatic hydroxyl groups is 1. The molecule has 0 aliphatic rings. The van der Waals surface area contributed by atoms with E-state index in [1.54, 1.807) is 30.8 Å². The smallest absolute Gasteiger partial charge is 0.0761 e. The van der Waals surface area contributed by atoms with Crippen molar-refractivity contribution in [3.63, 3.8) is 0 Å². The van der Waals surface area contributed by atoms with Crippen LogP contribution in [-0.4, -0.2) is 5.11 Å². The first-order valence-corrected chi connectivity index (χ1v) is 7.04. The fourth-order valence-electron chi connectivity index (χ4n) is 1.50. The van der Waals surface area contributed by atoms with Crippen LogP contribution in [0.4, 0.5) is 0 Å². The molecule has 0 aliphatic heterocycles. The highest BCUT2D eigenvalue weighted by Crippen LogP contribution is 2.35. The van der Waals surface area contributed by atoms with E-state index in [9.17, 15) is 5.11 Å². The number of aliphatic hydroxyl groups excluding tert-OH is 1. The number of hydrogen-bond acceptors (Lipinski definition) is 2. The van der Waals surface area contributed by atoms with Gasteiger partial charge >= 0.3 is 0 Å². The minimum absolute atomic E-state index is 0.446. The second-order valence-corrected chi connectivity index (χ2v) is 5.88. The summed E-state index contributed by atoms with van der Waals surface area (Å²) in [6.07, 6.45) is -0.446. The molecule has 1 N–H and O–H groups in total. The Balaban J connectivity index is 2.21. The number of rotatable bonds is 3. The van der Waals surface area contributed by atoms with Crippen molar-refractivity contribution in [1.82, 2.24) is 0 Å². The zero-order valence-electron chi connectivity index (χ0n) is 9.73. The molecular weight excluding hydrogens is 287 g/mol. The Bertz CT molecular complexity index is 538. The third kappa shape index (κ3) is 3.42. The Kier molecular flexibility index (Phi) is 4.57. The summed E-state index contributed by atoms with van der Waals surface area (Å²) in [5, 5.41) is 10.8. The first kappa shape index (κ1) is 13.8. The lowest BCUT2D eigenvalue weighted by atomic mass is 10.1. The van der Waals surface area contributed by atoms with E-state index in [0.29, 0.717) is 10.0 Å². The van der Waals surface area contributed by atoms with E-state index in [4.69, 9.17) is 23.2 Å². The van der Waals surface area contributed by atoms with E-state index in [1.165, 1.54) is 0 Å². The van der Waals surface area contributed by atoms with Crippen LogP contribution in [0.1, 0.15) is 18.6 Å². The molecule has 18 heavy (non-hydrogen) atoms. The molecule has 0 saturated heterocycles. The van der Waals surface area contributed by atoms with E-state index in [2.05, 4.69) is 0 Å². The van der Waals surface area contributed by atoms with Crippen molar-refractivity contribution >= 4 is 35.0 Å². The van der Waals surface area contributed by atoms with E-state index in [1.807, 2.05) is 30.3 Å². The van der Waals surface area contributed by atoms with E-state index in [0.717, 1.165) is 15.4 Å². The molecule has 0 radical (unpaired) electrons. The third-order valence-corrected chi connectivity index (χ3v) is 4.23. The molecule has 1 nitrogen and oxygen atoms in total. The molecule has 0 amide bonds. The van der Waals surface area contributed by atoms with Gasteiger partial charge in [-0.25, -0.2) is 0 Å². The lowest BCUT2D eigenvalue weighted by molar-refractivity contribution is 0.199. The maximum absolute atomic E-state index is 9.44. The summed E-state index contributed by atoms with van der Waals surface area (Å²) in [6.45, 7) is 1.75. The molecule has 0 heterocycles. The molecule has 0 saturated carbocycles. The van der Waals surface area contributed by atoms with Gasteiger partial charge in [-0.3, -0.25) is 0 Å². The van der Waals surface area contributed by atoms with Gasteiger partial charge in [0.25, 0.3) is 0 Å². The SMILES string of the molecule is C[C@H](O)c1ccc(Sc2cc(Cl)ccc2Cl)cc1. The summed E-state index contributed by atoms with van der Waals surface area (Å²) in [5.41, 5.74) is 0.900. The fourth-order valence-corrected chi connectivity index (χ4v) is 2.84. The minimum Gasteiger partial charge on any atom is -0.389 e. The second kappa shape index (κ2) is 5.98. The van der Waals surface area contributed by atoms with Crippen molar-refractivity contribution in [2.45, 2.75) is 22.8 Å². The number of hydrogen-bond donors (Lipinski definition) is 1. The van der Waals surface area contributed by atoms with Crippen LogP contribution in [0.3, 0.4) is 0 Å². The van der Waals surface area contributed by atoms with Crippen molar-refractivity contribution in [2.75, 3.05) is 0 Å². The molecule has 0 unspecified atom stereocenters. The van der Waals surface area contributed by atoms with Gasteiger partial charge in [0, 0.05) is 14.8 Å². The largest absolute Gasteiger partial charge is 0.389 e. The molecule has 2 aromatic rings. The molecule has 0 spiro atoms. The van der Waals surface area contributed by atoms with Crippen LogP contribution in [0.2, 0.25) is 10.0 Å². The van der Waals surface area contributed by atoms with Crippen LogP contribution in [0.25, 0.3) is 0 Å². The van der Waals surface area contributed by atoms with Crippen molar-refractivity contribution in [2.24, 2.45) is 0 Å². The molecule has 0 aliphatic carbocycles. The molecule has 0 fully saturated rings. The first-order chi connectivity index (χ1) is 8.56. The second-order valence-electron chi connectivity index (χ2n) is 3.92. The molecule has 2 aromatic carbocycles. The van der Waals surface area contributed by atoms with Gasteiger partial charge in [0.15, 0.2) is 0 Å². The first-order valence-electron chi connectivity index (χ1n) is 5.47. The quantitative estimate of drug-likeness (QED) is 0.840. The van der Waals surface area contributed by atoms with Crippen LogP contribution in [0.5, 0.6) is 0 Å². The van der Waals surface area contributed by atoms with Gasteiger partial charge < -0.3 is 5.11 Å².